The summed E-state index contributed by atoms with van der Waals surface area (Å²) in [6.45, 7) is 0. The van der Waals surface area contributed by atoms with Crippen molar-refractivity contribution in [1.29, 1.82) is 0 Å². The van der Waals surface area contributed by atoms with E-state index in [0.717, 1.165) is 18.2 Å². The summed E-state index contributed by atoms with van der Waals surface area (Å²) in [6, 6.07) is 3.01. The topological polar surface area (TPSA) is 34.9 Å². The maximum atomic E-state index is 13.0. The highest BCUT2D eigenvalue weighted by atomic mass is 79.9. The Bertz CT molecular complexity index is 533. The first kappa shape index (κ1) is 10.9. The van der Waals surface area contributed by atoms with Gasteiger partial charge in [0.05, 0.1) is 17.4 Å². The van der Waals surface area contributed by atoms with Crippen LogP contribution in [-0.2, 0) is 0 Å². The number of hydrogen-bond donors (Lipinski definition) is 0. The largest absolute Gasteiger partial charge is 0.298 e. The van der Waals surface area contributed by atoms with E-state index in [1.54, 1.807) is 0 Å². The van der Waals surface area contributed by atoms with E-state index in [4.69, 9.17) is 0 Å². The van der Waals surface area contributed by atoms with Crippen LogP contribution in [0, 0.1) is 11.6 Å². The first-order chi connectivity index (χ1) is 7.61. The molecule has 0 atom stereocenters. The van der Waals surface area contributed by atoms with Gasteiger partial charge in [-0.3, -0.25) is 4.79 Å². The lowest BCUT2D eigenvalue weighted by molar-refractivity contribution is 0.112. The van der Waals surface area contributed by atoms with Crippen LogP contribution in [-0.4, -0.2) is 16.1 Å². The molecular weight excluding hydrogens is 282 g/mol. The predicted octanol–water partition coefficient (Wildman–Crippen LogP) is 2.73. The normalized spacial score (nSPS) is 10.4. The molecule has 0 bridgehead atoms. The van der Waals surface area contributed by atoms with E-state index in [2.05, 4.69) is 21.0 Å². The second-order valence-corrected chi connectivity index (χ2v) is 3.80. The predicted molar refractivity (Wildman–Crippen MR) is 56.6 cm³/mol. The molecule has 1 aromatic carbocycles. The Morgan fingerprint density at radius 3 is 2.38 bits per heavy atom. The summed E-state index contributed by atoms with van der Waals surface area (Å²) in [5.74, 6) is -1.41. The number of aldehydes is 1. The van der Waals surface area contributed by atoms with Crippen molar-refractivity contribution in [3.05, 3.63) is 46.2 Å². The van der Waals surface area contributed by atoms with Crippen LogP contribution in [0.1, 0.15) is 10.4 Å². The third kappa shape index (κ3) is 1.88. The van der Waals surface area contributed by atoms with Gasteiger partial charge in [-0.05, 0) is 28.1 Å². The molecular formula is C10H5BrF2N2O. The molecule has 0 fully saturated rings. The maximum Gasteiger partial charge on any atom is 0.154 e. The fraction of sp³-hybridized carbons (Fsp3) is 0. The SMILES string of the molecule is O=Cc1cnn(-c2cc(F)cc(F)c2)c1Br. The van der Waals surface area contributed by atoms with Gasteiger partial charge in [0.1, 0.15) is 16.2 Å². The summed E-state index contributed by atoms with van der Waals surface area (Å²) in [5, 5.41) is 3.84. The molecule has 0 aliphatic carbocycles. The van der Waals surface area contributed by atoms with Crippen LogP contribution in [0.5, 0.6) is 0 Å². The Labute approximate surface area is 97.8 Å². The van der Waals surface area contributed by atoms with Gasteiger partial charge >= 0.3 is 0 Å². The zero-order valence-corrected chi connectivity index (χ0v) is 9.41. The second-order valence-electron chi connectivity index (χ2n) is 3.05. The lowest BCUT2D eigenvalue weighted by Crippen LogP contribution is -1.98. The monoisotopic (exact) mass is 286 g/mol. The summed E-state index contributed by atoms with van der Waals surface area (Å²) in [4.78, 5) is 10.6. The second kappa shape index (κ2) is 4.13. The molecule has 0 unspecified atom stereocenters. The lowest BCUT2D eigenvalue weighted by atomic mass is 10.3. The van der Waals surface area contributed by atoms with Crippen molar-refractivity contribution in [2.45, 2.75) is 0 Å². The Kier molecular flexibility index (Phi) is 2.82. The number of aromatic nitrogens is 2. The maximum absolute atomic E-state index is 13.0. The van der Waals surface area contributed by atoms with Crippen molar-refractivity contribution in [2.24, 2.45) is 0 Å². The van der Waals surface area contributed by atoms with E-state index in [-0.39, 0.29) is 5.69 Å². The van der Waals surface area contributed by atoms with Crippen molar-refractivity contribution in [2.75, 3.05) is 0 Å². The summed E-state index contributed by atoms with van der Waals surface area (Å²) in [7, 11) is 0. The minimum absolute atomic E-state index is 0.206. The van der Waals surface area contributed by atoms with Crippen molar-refractivity contribution in [1.82, 2.24) is 9.78 Å². The van der Waals surface area contributed by atoms with E-state index >= 15 is 0 Å². The van der Waals surface area contributed by atoms with E-state index in [9.17, 15) is 13.6 Å². The first-order valence-corrected chi connectivity index (χ1v) is 5.06. The van der Waals surface area contributed by atoms with Crippen molar-refractivity contribution in [3.63, 3.8) is 0 Å². The molecule has 0 saturated heterocycles. The molecule has 82 valence electrons. The first-order valence-electron chi connectivity index (χ1n) is 4.27. The molecule has 0 N–H and O–H groups in total. The minimum Gasteiger partial charge on any atom is -0.298 e. The Balaban J connectivity index is 2.58. The fourth-order valence-electron chi connectivity index (χ4n) is 1.27. The molecule has 0 spiro atoms. The van der Waals surface area contributed by atoms with Crippen molar-refractivity contribution >= 4 is 22.2 Å². The van der Waals surface area contributed by atoms with E-state index in [0.29, 0.717) is 16.5 Å². The third-order valence-electron chi connectivity index (χ3n) is 1.96. The van der Waals surface area contributed by atoms with E-state index < -0.39 is 11.6 Å². The smallest absolute Gasteiger partial charge is 0.154 e. The molecule has 0 saturated carbocycles. The molecule has 1 heterocycles. The highest BCUT2D eigenvalue weighted by molar-refractivity contribution is 9.10. The summed E-state index contributed by atoms with van der Waals surface area (Å²) >= 11 is 3.12. The molecule has 0 aliphatic heterocycles. The minimum atomic E-state index is -0.704. The van der Waals surface area contributed by atoms with Crippen LogP contribution in [0.15, 0.2) is 29.0 Å². The molecule has 1 aromatic heterocycles. The Hall–Kier alpha value is -1.56. The molecule has 0 amide bonds. The number of carbonyl (C=O) groups excluding carboxylic acids is 1. The van der Waals surface area contributed by atoms with Crippen LogP contribution >= 0.6 is 15.9 Å². The van der Waals surface area contributed by atoms with Gasteiger partial charge in [-0.15, -0.1) is 0 Å². The highest BCUT2D eigenvalue weighted by Gasteiger charge is 2.10. The summed E-state index contributed by atoms with van der Waals surface area (Å²) in [5.41, 5.74) is 0.516. The van der Waals surface area contributed by atoms with Gasteiger partial charge in [-0.1, -0.05) is 0 Å². The fourth-order valence-corrected chi connectivity index (χ4v) is 1.76. The number of carbonyl (C=O) groups is 1. The number of benzene rings is 1. The Morgan fingerprint density at radius 1 is 1.25 bits per heavy atom. The van der Waals surface area contributed by atoms with Gasteiger partial charge in [0.25, 0.3) is 0 Å². The van der Waals surface area contributed by atoms with Crippen LogP contribution in [0.4, 0.5) is 8.78 Å². The zero-order valence-electron chi connectivity index (χ0n) is 7.82. The molecule has 6 heteroatoms. The molecule has 2 aromatic rings. The number of hydrogen-bond acceptors (Lipinski definition) is 2. The number of halogens is 3. The van der Waals surface area contributed by atoms with Crippen LogP contribution in [0.2, 0.25) is 0 Å². The van der Waals surface area contributed by atoms with Crippen molar-refractivity contribution in [3.8, 4) is 5.69 Å². The number of rotatable bonds is 2. The average Bonchev–Trinajstić information content (AvgIpc) is 2.58. The van der Waals surface area contributed by atoms with Gasteiger partial charge < -0.3 is 0 Å². The van der Waals surface area contributed by atoms with Gasteiger partial charge in [0.15, 0.2) is 6.29 Å². The highest BCUT2D eigenvalue weighted by Crippen LogP contribution is 2.20. The van der Waals surface area contributed by atoms with Gasteiger partial charge in [0.2, 0.25) is 0 Å². The average molecular weight is 287 g/mol. The molecule has 2 rings (SSSR count). The van der Waals surface area contributed by atoms with Gasteiger partial charge in [-0.25, -0.2) is 13.5 Å². The zero-order chi connectivity index (χ0) is 11.7. The lowest BCUT2D eigenvalue weighted by Gasteiger charge is -2.03. The molecule has 0 aliphatic rings. The van der Waals surface area contributed by atoms with Gasteiger partial charge in [0, 0.05) is 6.07 Å². The van der Waals surface area contributed by atoms with E-state index in [1.807, 2.05) is 0 Å². The Morgan fingerprint density at radius 2 is 1.88 bits per heavy atom. The van der Waals surface area contributed by atoms with Gasteiger partial charge in [-0.2, -0.15) is 5.10 Å². The van der Waals surface area contributed by atoms with Crippen LogP contribution < -0.4 is 0 Å². The molecule has 0 radical (unpaired) electrons. The third-order valence-corrected chi connectivity index (χ3v) is 2.75. The molecule has 3 nitrogen and oxygen atoms in total. The standard InChI is InChI=1S/C10H5BrF2N2O/c11-10-6(5-16)4-14-15(10)9-2-7(12)1-8(13)3-9/h1-5H. The van der Waals surface area contributed by atoms with E-state index in [1.165, 1.54) is 10.9 Å². The van der Waals surface area contributed by atoms with Crippen LogP contribution in [0.25, 0.3) is 5.69 Å². The summed E-state index contributed by atoms with van der Waals surface area (Å²) in [6.07, 6.45) is 1.91. The summed E-state index contributed by atoms with van der Waals surface area (Å²) < 4.78 is 27.5. The van der Waals surface area contributed by atoms with Crippen molar-refractivity contribution < 1.29 is 13.6 Å². The van der Waals surface area contributed by atoms with Crippen LogP contribution in [0.3, 0.4) is 0 Å². The number of nitrogens with zero attached hydrogens (tertiary/aromatic N) is 2. The molecule has 16 heavy (non-hydrogen) atoms. The quantitative estimate of drug-likeness (QED) is 0.796.